The summed E-state index contributed by atoms with van der Waals surface area (Å²) in [5.41, 5.74) is 0.716. The number of aliphatic hydroxyl groups is 1. The van der Waals surface area contributed by atoms with Crippen LogP contribution < -0.4 is 10.6 Å². The number of fused-ring (bicyclic) bond motifs is 1. The predicted molar refractivity (Wildman–Crippen MR) is 110 cm³/mol. The Labute approximate surface area is 162 Å². The first-order chi connectivity index (χ1) is 11.5. The maximum Gasteiger partial charge on any atom is 0.170 e. The number of thiophene rings is 1. The van der Waals surface area contributed by atoms with Crippen LogP contribution in [0.15, 0.2) is 53.0 Å². The molecule has 0 aliphatic carbocycles. The monoisotopic (exact) mass is 440 g/mol. The molecule has 0 amide bonds. The van der Waals surface area contributed by atoms with E-state index in [1.807, 2.05) is 42.5 Å². The topological polar surface area (TPSA) is 44.3 Å². The van der Waals surface area contributed by atoms with Crippen molar-refractivity contribution in [2.24, 2.45) is 0 Å². The number of nitrogens with one attached hydrogen (secondary N) is 2. The third-order valence-electron chi connectivity index (χ3n) is 3.41. The molecule has 0 saturated heterocycles. The van der Waals surface area contributed by atoms with Crippen molar-refractivity contribution in [2.75, 3.05) is 11.9 Å². The Bertz CT molecular complexity index is 851. The fourth-order valence-electron chi connectivity index (χ4n) is 2.21. The summed E-state index contributed by atoms with van der Waals surface area (Å²) < 4.78 is 2.06. The molecule has 0 saturated carbocycles. The Morgan fingerprint density at radius 1 is 1.25 bits per heavy atom. The zero-order valence-corrected chi connectivity index (χ0v) is 16.4. The Morgan fingerprint density at radius 2 is 2.04 bits per heavy atom. The van der Waals surface area contributed by atoms with Crippen molar-refractivity contribution in [3.05, 3.63) is 62.9 Å². The van der Waals surface area contributed by atoms with Gasteiger partial charge in [0.05, 0.1) is 10.7 Å². The molecule has 1 heterocycles. The van der Waals surface area contributed by atoms with Gasteiger partial charge in [-0.1, -0.05) is 45.7 Å². The fourth-order valence-corrected chi connectivity index (χ4v) is 4.18. The highest BCUT2D eigenvalue weighted by molar-refractivity contribution is 9.10. The minimum atomic E-state index is -0.623. The molecule has 0 fully saturated rings. The van der Waals surface area contributed by atoms with E-state index in [9.17, 15) is 5.11 Å². The highest BCUT2D eigenvalue weighted by Crippen LogP contribution is 2.29. The van der Waals surface area contributed by atoms with Crippen molar-refractivity contribution in [3.8, 4) is 0 Å². The van der Waals surface area contributed by atoms with Crippen molar-refractivity contribution in [2.45, 2.75) is 6.10 Å². The van der Waals surface area contributed by atoms with Crippen molar-refractivity contribution < 1.29 is 5.11 Å². The molecule has 3 rings (SSSR count). The Balaban J connectivity index is 1.59. The van der Waals surface area contributed by atoms with Crippen LogP contribution >= 0.6 is 51.1 Å². The molecule has 3 N–H and O–H groups in total. The second kappa shape index (κ2) is 7.80. The van der Waals surface area contributed by atoms with Gasteiger partial charge in [0, 0.05) is 20.6 Å². The lowest BCUT2D eigenvalue weighted by Gasteiger charge is -2.14. The third-order valence-corrected chi connectivity index (χ3v) is 5.68. The number of aliphatic hydroxyl groups excluding tert-OH is 1. The van der Waals surface area contributed by atoms with Gasteiger partial charge in [-0.15, -0.1) is 11.3 Å². The normalized spacial score (nSPS) is 12.1. The first-order valence-electron chi connectivity index (χ1n) is 7.19. The van der Waals surface area contributed by atoms with Crippen LogP contribution in [-0.4, -0.2) is 16.8 Å². The number of thiocarbonyl (C=S) groups is 1. The van der Waals surface area contributed by atoms with Gasteiger partial charge in [0.2, 0.25) is 0 Å². The minimum Gasteiger partial charge on any atom is -0.386 e. The number of halogens is 2. The van der Waals surface area contributed by atoms with Crippen molar-refractivity contribution >= 4 is 72.0 Å². The lowest BCUT2D eigenvalue weighted by Crippen LogP contribution is -2.32. The number of hydrogen-bond acceptors (Lipinski definition) is 3. The highest BCUT2D eigenvalue weighted by Gasteiger charge is 2.12. The first kappa shape index (κ1) is 17.6. The van der Waals surface area contributed by atoms with Gasteiger partial charge in [0.1, 0.15) is 6.10 Å². The highest BCUT2D eigenvalue weighted by atomic mass is 79.9. The molecule has 0 spiro atoms. The summed E-state index contributed by atoms with van der Waals surface area (Å²) in [4.78, 5) is 0.910. The summed E-state index contributed by atoms with van der Waals surface area (Å²) in [5.74, 6) is 0. The number of hydrogen-bond donors (Lipinski definition) is 3. The van der Waals surface area contributed by atoms with Gasteiger partial charge >= 0.3 is 0 Å². The van der Waals surface area contributed by atoms with Crippen LogP contribution in [0.2, 0.25) is 5.02 Å². The molecule has 0 radical (unpaired) electrons. The molecule has 7 heteroatoms. The lowest BCUT2D eigenvalue weighted by molar-refractivity contribution is 0.185. The van der Waals surface area contributed by atoms with E-state index >= 15 is 0 Å². The molecule has 2 aromatic carbocycles. The Kier molecular flexibility index (Phi) is 5.73. The van der Waals surface area contributed by atoms with Gasteiger partial charge < -0.3 is 15.7 Å². The summed E-state index contributed by atoms with van der Waals surface area (Å²) in [7, 11) is 0. The zero-order valence-electron chi connectivity index (χ0n) is 12.4. The summed E-state index contributed by atoms with van der Waals surface area (Å²) in [6.07, 6.45) is -0.623. The first-order valence-corrected chi connectivity index (χ1v) is 9.59. The molecule has 0 aliphatic rings. The van der Waals surface area contributed by atoms with Crippen molar-refractivity contribution in [1.82, 2.24) is 5.32 Å². The van der Waals surface area contributed by atoms with E-state index in [0.717, 1.165) is 19.4 Å². The molecule has 1 unspecified atom stereocenters. The van der Waals surface area contributed by atoms with Crippen LogP contribution in [0.1, 0.15) is 11.0 Å². The van der Waals surface area contributed by atoms with E-state index in [0.29, 0.717) is 22.4 Å². The van der Waals surface area contributed by atoms with E-state index in [1.165, 1.54) is 0 Å². The van der Waals surface area contributed by atoms with Crippen LogP contribution in [-0.2, 0) is 0 Å². The van der Waals surface area contributed by atoms with E-state index < -0.39 is 6.10 Å². The SMILES string of the molecule is OC(CNC(=S)Nc1ccc(Br)cc1Cl)c1cc2ccccc2s1. The standard InChI is InChI=1S/C17H14BrClN2OS2/c18-11-5-6-13(12(19)8-11)21-17(23)20-9-14(22)16-7-10-3-1-2-4-15(10)24-16/h1-8,14,22H,9H2,(H2,20,21,23). The van der Waals surface area contributed by atoms with Crippen LogP contribution in [0.25, 0.3) is 10.1 Å². The molecule has 0 bridgehead atoms. The third kappa shape index (κ3) is 4.26. The van der Waals surface area contributed by atoms with Crippen LogP contribution in [0, 0.1) is 0 Å². The molecule has 0 aliphatic heterocycles. The molecular weight excluding hydrogens is 428 g/mol. The van der Waals surface area contributed by atoms with Gasteiger partial charge in [0.25, 0.3) is 0 Å². The van der Waals surface area contributed by atoms with Gasteiger partial charge in [-0.2, -0.15) is 0 Å². The van der Waals surface area contributed by atoms with E-state index in [2.05, 4.69) is 26.6 Å². The molecule has 1 atom stereocenters. The molecule has 124 valence electrons. The summed E-state index contributed by atoms with van der Waals surface area (Å²) in [6.45, 7) is 0.326. The predicted octanol–water partition coefficient (Wildman–Crippen LogP) is 5.34. The minimum absolute atomic E-state index is 0.326. The zero-order chi connectivity index (χ0) is 17.1. The number of rotatable bonds is 4. The largest absolute Gasteiger partial charge is 0.386 e. The fraction of sp³-hybridized carbons (Fsp3) is 0.118. The van der Waals surface area contributed by atoms with Gasteiger partial charge in [-0.25, -0.2) is 0 Å². The smallest absolute Gasteiger partial charge is 0.170 e. The second-order valence-electron chi connectivity index (χ2n) is 5.16. The van der Waals surface area contributed by atoms with Crippen LogP contribution in [0.5, 0.6) is 0 Å². The molecular formula is C17H14BrClN2OS2. The van der Waals surface area contributed by atoms with Crippen molar-refractivity contribution in [3.63, 3.8) is 0 Å². The summed E-state index contributed by atoms with van der Waals surface area (Å²) in [5, 5.41) is 18.5. The van der Waals surface area contributed by atoms with E-state index in [4.69, 9.17) is 23.8 Å². The summed E-state index contributed by atoms with van der Waals surface area (Å²) >= 11 is 16.4. The van der Waals surface area contributed by atoms with Gasteiger partial charge in [0.15, 0.2) is 5.11 Å². The summed E-state index contributed by atoms with van der Waals surface area (Å²) in [6, 6.07) is 15.6. The molecule has 24 heavy (non-hydrogen) atoms. The average Bonchev–Trinajstić information content (AvgIpc) is 2.99. The number of anilines is 1. The Morgan fingerprint density at radius 3 is 2.79 bits per heavy atom. The average molecular weight is 442 g/mol. The van der Waals surface area contributed by atoms with E-state index in [-0.39, 0.29) is 0 Å². The molecule has 3 nitrogen and oxygen atoms in total. The van der Waals surface area contributed by atoms with E-state index in [1.54, 1.807) is 17.4 Å². The maximum atomic E-state index is 10.4. The Hall–Kier alpha value is -1.18. The number of benzene rings is 2. The lowest BCUT2D eigenvalue weighted by atomic mass is 10.2. The van der Waals surface area contributed by atoms with Gasteiger partial charge in [-0.05, 0) is 47.9 Å². The van der Waals surface area contributed by atoms with Crippen LogP contribution in [0.4, 0.5) is 5.69 Å². The van der Waals surface area contributed by atoms with Gasteiger partial charge in [-0.3, -0.25) is 0 Å². The molecule has 3 aromatic rings. The van der Waals surface area contributed by atoms with Crippen molar-refractivity contribution in [1.29, 1.82) is 0 Å². The quantitative estimate of drug-likeness (QED) is 0.478. The molecule has 1 aromatic heterocycles. The second-order valence-corrected chi connectivity index (χ2v) is 8.01. The maximum absolute atomic E-state index is 10.4. The van der Waals surface area contributed by atoms with Crippen LogP contribution in [0.3, 0.4) is 0 Å².